The zero-order valence-electron chi connectivity index (χ0n) is 7.20. The van der Waals surface area contributed by atoms with E-state index in [1.165, 1.54) is 0 Å². The molecule has 0 aliphatic rings. The monoisotopic (exact) mass is 227 g/mol. The second-order valence-electron chi connectivity index (χ2n) is 2.74. The highest BCUT2D eigenvalue weighted by atomic mass is 19.2. The van der Waals surface area contributed by atoms with E-state index in [2.05, 4.69) is 0 Å². The summed E-state index contributed by atoms with van der Waals surface area (Å²) in [6.07, 6.45) is -1.94. The van der Waals surface area contributed by atoms with Crippen molar-refractivity contribution in [3.63, 3.8) is 0 Å². The van der Waals surface area contributed by atoms with Gasteiger partial charge in [0, 0.05) is 6.54 Å². The quantitative estimate of drug-likeness (QED) is 0.455. The van der Waals surface area contributed by atoms with Gasteiger partial charge < -0.3 is 10.8 Å². The molecule has 3 N–H and O–H groups in total. The molecule has 0 bridgehead atoms. The van der Waals surface area contributed by atoms with Crippen LogP contribution in [0.4, 0.5) is 22.0 Å². The minimum absolute atomic E-state index is 0.654. The second-order valence-corrected chi connectivity index (χ2v) is 2.74. The maximum Gasteiger partial charge on any atom is 0.200 e. The van der Waals surface area contributed by atoms with Gasteiger partial charge in [0.25, 0.3) is 0 Å². The highest BCUT2D eigenvalue weighted by Crippen LogP contribution is 2.27. The fourth-order valence-corrected chi connectivity index (χ4v) is 1.03. The number of hydrogen-bond donors (Lipinski definition) is 2. The third-order valence-electron chi connectivity index (χ3n) is 1.80. The number of nitrogens with two attached hydrogens (primary N) is 1. The molecule has 1 atom stereocenters. The Labute approximate surface area is 81.1 Å². The molecule has 1 aromatic rings. The van der Waals surface area contributed by atoms with Crippen LogP contribution in [0.15, 0.2) is 0 Å². The summed E-state index contributed by atoms with van der Waals surface area (Å²) in [4.78, 5) is 0. The number of halogens is 5. The molecule has 15 heavy (non-hydrogen) atoms. The molecule has 0 aliphatic carbocycles. The van der Waals surface area contributed by atoms with Crippen molar-refractivity contribution in [2.45, 2.75) is 6.10 Å². The van der Waals surface area contributed by atoms with Crippen molar-refractivity contribution in [1.29, 1.82) is 0 Å². The van der Waals surface area contributed by atoms with Crippen molar-refractivity contribution >= 4 is 0 Å². The molecule has 0 saturated heterocycles. The van der Waals surface area contributed by atoms with E-state index in [1.807, 2.05) is 0 Å². The summed E-state index contributed by atoms with van der Waals surface area (Å²) in [5.41, 5.74) is 3.55. The summed E-state index contributed by atoms with van der Waals surface area (Å²) >= 11 is 0. The molecule has 1 aromatic carbocycles. The van der Waals surface area contributed by atoms with Crippen LogP contribution in [0, 0.1) is 29.1 Å². The zero-order chi connectivity index (χ0) is 11.7. The van der Waals surface area contributed by atoms with Crippen LogP contribution in [0.2, 0.25) is 0 Å². The van der Waals surface area contributed by atoms with Gasteiger partial charge in [-0.2, -0.15) is 0 Å². The first-order valence-electron chi connectivity index (χ1n) is 3.81. The van der Waals surface area contributed by atoms with Crippen molar-refractivity contribution in [1.82, 2.24) is 0 Å². The average Bonchev–Trinajstić information content (AvgIpc) is 2.23. The van der Waals surface area contributed by atoms with Crippen molar-refractivity contribution in [2.75, 3.05) is 6.54 Å². The predicted molar refractivity (Wildman–Crippen MR) is 40.2 cm³/mol. The molecule has 0 aliphatic heterocycles. The molecule has 7 heteroatoms. The van der Waals surface area contributed by atoms with Crippen LogP contribution in [0.1, 0.15) is 11.7 Å². The maximum absolute atomic E-state index is 12.9. The van der Waals surface area contributed by atoms with E-state index in [4.69, 9.17) is 10.8 Å². The van der Waals surface area contributed by atoms with Gasteiger partial charge in [0.1, 0.15) is 0 Å². The number of hydrogen-bond acceptors (Lipinski definition) is 2. The van der Waals surface area contributed by atoms with Gasteiger partial charge in [-0.25, -0.2) is 22.0 Å². The van der Waals surface area contributed by atoms with Gasteiger partial charge in [0.05, 0.1) is 11.7 Å². The van der Waals surface area contributed by atoms with Crippen molar-refractivity contribution in [2.24, 2.45) is 5.73 Å². The lowest BCUT2D eigenvalue weighted by molar-refractivity contribution is 0.171. The Balaban J connectivity index is 3.52. The molecule has 0 heterocycles. The fourth-order valence-electron chi connectivity index (χ4n) is 1.03. The highest BCUT2D eigenvalue weighted by molar-refractivity contribution is 5.26. The minimum Gasteiger partial charge on any atom is -0.387 e. The van der Waals surface area contributed by atoms with Crippen molar-refractivity contribution < 1.29 is 27.1 Å². The standard InChI is InChI=1S/C8H6F5NO/c9-4-3(2(15)1-14)5(10)7(12)8(13)6(4)11/h2,15H,1,14H2/t2-/m1/s1. The predicted octanol–water partition coefficient (Wildman–Crippen LogP) is 1.37. The molecular weight excluding hydrogens is 221 g/mol. The van der Waals surface area contributed by atoms with Crippen molar-refractivity contribution in [3.05, 3.63) is 34.6 Å². The molecule has 0 amide bonds. The molecule has 0 spiro atoms. The van der Waals surface area contributed by atoms with E-state index in [0.29, 0.717) is 0 Å². The number of rotatable bonds is 2. The molecular formula is C8H6F5NO. The molecule has 0 fully saturated rings. The first-order chi connectivity index (χ1) is 6.91. The molecule has 1 rings (SSSR count). The van der Waals surface area contributed by atoms with Gasteiger partial charge in [-0.1, -0.05) is 0 Å². The van der Waals surface area contributed by atoms with Gasteiger partial charge in [0.15, 0.2) is 23.3 Å². The topological polar surface area (TPSA) is 46.2 Å². The zero-order valence-corrected chi connectivity index (χ0v) is 7.20. The summed E-state index contributed by atoms with van der Waals surface area (Å²) < 4.78 is 63.5. The van der Waals surface area contributed by atoms with E-state index in [9.17, 15) is 22.0 Å². The lowest BCUT2D eigenvalue weighted by atomic mass is 10.1. The molecule has 0 radical (unpaired) electrons. The van der Waals surface area contributed by atoms with E-state index in [-0.39, 0.29) is 0 Å². The van der Waals surface area contributed by atoms with E-state index in [0.717, 1.165) is 0 Å². The number of benzene rings is 1. The molecule has 0 saturated carbocycles. The first-order valence-corrected chi connectivity index (χ1v) is 3.81. The number of aliphatic hydroxyl groups excluding tert-OH is 1. The van der Waals surface area contributed by atoms with Gasteiger partial charge in [-0.05, 0) is 0 Å². The fraction of sp³-hybridized carbons (Fsp3) is 0.250. The Bertz CT molecular complexity index is 366. The van der Waals surface area contributed by atoms with Gasteiger partial charge >= 0.3 is 0 Å². The van der Waals surface area contributed by atoms with Crippen LogP contribution in [0.25, 0.3) is 0 Å². The Kier molecular flexibility index (Phi) is 3.25. The van der Waals surface area contributed by atoms with Crippen LogP contribution in [0.5, 0.6) is 0 Å². The number of aliphatic hydroxyl groups is 1. The Morgan fingerprint density at radius 3 is 1.53 bits per heavy atom. The third kappa shape index (κ3) is 1.80. The third-order valence-corrected chi connectivity index (χ3v) is 1.80. The van der Waals surface area contributed by atoms with E-state index in [1.54, 1.807) is 0 Å². The van der Waals surface area contributed by atoms with Crippen LogP contribution >= 0.6 is 0 Å². The van der Waals surface area contributed by atoms with Gasteiger partial charge in [-0.15, -0.1) is 0 Å². The molecule has 84 valence electrons. The van der Waals surface area contributed by atoms with Crippen LogP contribution in [-0.4, -0.2) is 11.7 Å². The summed E-state index contributed by atoms with van der Waals surface area (Å²) in [6, 6.07) is 0. The summed E-state index contributed by atoms with van der Waals surface area (Å²) in [5.74, 6) is -10.6. The normalized spacial score (nSPS) is 13.0. The average molecular weight is 227 g/mol. The summed E-state index contributed by atoms with van der Waals surface area (Å²) in [7, 11) is 0. The SMILES string of the molecule is NC[C@@H](O)c1c(F)c(F)c(F)c(F)c1F. The lowest BCUT2D eigenvalue weighted by Gasteiger charge is -2.12. The maximum atomic E-state index is 12.9. The van der Waals surface area contributed by atoms with E-state index < -0.39 is 47.3 Å². The largest absolute Gasteiger partial charge is 0.387 e. The van der Waals surface area contributed by atoms with Crippen LogP contribution in [0.3, 0.4) is 0 Å². The molecule has 2 nitrogen and oxygen atoms in total. The molecule has 0 unspecified atom stereocenters. The Morgan fingerprint density at radius 1 is 0.867 bits per heavy atom. The first kappa shape index (κ1) is 11.9. The van der Waals surface area contributed by atoms with Crippen LogP contribution in [-0.2, 0) is 0 Å². The van der Waals surface area contributed by atoms with Crippen LogP contribution < -0.4 is 5.73 Å². The summed E-state index contributed by atoms with van der Waals surface area (Å²) in [5, 5.41) is 8.97. The molecule has 0 aromatic heterocycles. The lowest BCUT2D eigenvalue weighted by Crippen LogP contribution is -2.18. The second kappa shape index (κ2) is 4.11. The minimum atomic E-state index is -2.27. The highest BCUT2D eigenvalue weighted by Gasteiger charge is 2.28. The summed E-state index contributed by atoms with van der Waals surface area (Å²) in [6.45, 7) is -0.654. The Morgan fingerprint density at radius 2 is 1.20 bits per heavy atom. The van der Waals surface area contributed by atoms with Gasteiger partial charge in [0.2, 0.25) is 5.82 Å². The van der Waals surface area contributed by atoms with Crippen molar-refractivity contribution in [3.8, 4) is 0 Å². The smallest absolute Gasteiger partial charge is 0.200 e. The Hall–Kier alpha value is -1.21. The van der Waals surface area contributed by atoms with E-state index >= 15 is 0 Å². The van der Waals surface area contributed by atoms with Gasteiger partial charge in [-0.3, -0.25) is 0 Å².